The molecule has 0 saturated heterocycles. The molecule has 0 radical (unpaired) electrons. The van der Waals surface area contributed by atoms with E-state index in [9.17, 15) is 0 Å². The van der Waals surface area contributed by atoms with E-state index in [1.54, 1.807) is 0 Å². The zero-order valence-electron chi connectivity index (χ0n) is 6.10. The van der Waals surface area contributed by atoms with Crippen LogP contribution < -0.4 is 11.5 Å². The van der Waals surface area contributed by atoms with Crippen LogP contribution in [0.1, 0.15) is 0 Å². The van der Waals surface area contributed by atoms with Crippen LogP contribution in [0.15, 0.2) is 12.5 Å². The third-order valence-corrected chi connectivity index (χ3v) is 1.44. The van der Waals surface area contributed by atoms with Gasteiger partial charge >= 0.3 is 0 Å². The van der Waals surface area contributed by atoms with Crippen molar-refractivity contribution in [2.75, 3.05) is 11.5 Å². The number of rotatable bonds is 0. The summed E-state index contributed by atoms with van der Waals surface area (Å²) in [5.74, 6) is 0.542. The van der Waals surface area contributed by atoms with Gasteiger partial charge in [0, 0.05) is 6.20 Å². The molecule has 0 amide bonds. The standard InChI is InChI=1S/C6H6N6/c7-4-3-1-9-6(8)12-5(3)11-2-10-4/h1-2H,(H4,7,8,9,10,11,12). The highest BCUT2D eigenvalue weighted by Crippen LogP contribution is 2.12. The number of aromatic nitrogens is 4. The van der Waals surface area contributed by atoms with Gasteiger partial charge in [-0.25, -0.2) is 15.0 Å². The second-order valence-electron chi connectivity index (χ2n) is 2.22. The molecule has 0 spiro atoms. The number of nitrogens with two attached hydrogens (primary N) is 2. The van der Waals surface area contributed by atoms with Crippen molar-refractivity contribution in [2.24, 2.45) is 0 Å². The summed E-state index contributed by atoms with van der Waals surface area (Å²) in [5, 5.41) is 0.617. The quantitative estimate of drug-likeness (QED) is 0.545. The fraction of sp³-hybridized carbons (Fsp3) is 0. The highest BCUT2D eigenvalue weighted by Gasteiger charge is 2.01. The topological polar surface area (TPSA) is 104 Å². The second-order valence-corrected chi connectivity index (χ2v) is 2.22. The first-order chi connectivity index (χ1) is 5.77. The number of fused-ring (bicyclic) bond motifs is 1. The summed E-state index contributed by atoms with van der Waals surface area (Å²) in [5.41, 5.74) is 11.4. The number of nitrogens with zero attached hydrogens (tertiary/aromatic N) is 4. The second kappa shape index (κ2) is 2.26. The van der Waals surface area contributed by atoms with E-state index in [-0.39, 0.29) is 5.95 Å². The predicted molar refractivity (Wildman–Crippen MR) is 44.0 cm³/mol. The molecule has 0 unspecified atom stereocenters. The van der Waals surface area contributed by atoms with Crippen LogP contribution in [-0.2, 0) is 0 Å². The molecule has 0 fully saturated rings. The Kier molecular flexibility index (Phi) is 1.26. The summed E-state index contributed by atoms with van der Waals surface area (Å²) in [6.45, 7) is 0. The predicted octanol–water partition coefficient (Wildman–Crippen LogP) is -0.416. The Hall–Kier alpha value is -1.98. The fourth-order valence-corrected chi connectivity index (χ4v) is 0.880. The van der Waals surface area contributed by atoms with Gasteiger partial charge in [-0.1, -0.05) is 0 Å². The Morgan fingerprint density at radius 3 is 2.75 bits per heavy atom. The van der Waals surface area contributed by atoms with Crippen molar-refractivity contribution in [3.63, 3.8) is 0 Å². The van der Waals surface area contributed by atoms with E-state index >= 15 is 0 Å². The van der Waals surface area contributed by atoms with Gasteiger partial charge in [-0.3, -0.25) is 0 Å². The zero-order valence-corrected chi connectivity index (χ0v) is 6.10. The Balaban J connectivity index is 2.86. The van der Waals surface area contributed by atoms with E-state index in [4.69, 9.17) is 11.5 Å². The van der Waals surface area contributed by atoms with Crippen LogP contribution in [0.4, 0.5) is 11.8 Å². The Morgan fingerprint density at radius 2 is 1.92 bits per heavy atom. The molecular formula is C6H6N6. The minimum atomic E-state index is 0.181. The molecule has 12 heavy (non-hydrogen) atoms. The van der Waals surface area contributed by atoms with Gasteiger partial charge in [0.15, 0.2) is 5.65 Å². The Morgan fingerprint density at radius 1 is 1.08 bits per heavy atom. The number of anilines is 2. The molecule has 0 bridgehead atoms. The van der Waals surface area contributed by atoms with Crippen molar-refractivity contribution in [1.82, 2.24) is 19.9 Å². The van der Waals surface area contributed by atoms with Gasteiger partial charge in [-0.2, -0.15) is 4.98 Å². The molecule has 2 heterocycles. The minimum absolute atomic E-state index is 0.181. The Labute approximate surface area is 67.7 Å². The van der Waals surface area contributed by atoms with Crippen molar-refractivity contribution >= 4 is 22.8 Å². The molecule has 6 heteroatoms. The highest BCUT2D eigenvalue weighted by atomic mass is 15.0. The summed E-state index contributed by atoms with van der Waals surface area (Å²) >= 11 is 0. The highest BCUT2D eigenvalue weighted by molar-refractivity contribution is 5.84. The maximum atomic E-state index is 5.53. The molecule has 4 N–H and O–H groups in total. The average Bonchev–Trinajstić information content (AvgIpc) is 2.04. The summed E-state index contributed by atoms with van der Waals surface area (Å²) in [7, 11) is 0. The van der Waals surface area contributed by atoms with Gasteiger partial charge in [0.2, 0.25) is 5.95 Å². The van der Waals surface area contributed by atoms with Crippen molar-refractivity contribution in [3.05, 3.63) is 12.5 Å². The van der Waals surface area contributed by atoms with Gasteiger partial charge in [0.1, 0.15) is 12.1 Å². The van der Waals surface area contributed by atoms with Gasteiger partial charge in [-0.05, 0) is 0 Å². The maximum Gasteiger partial charge on any atom is 0.222 e. The largest absolute Gasteiger partial charge is 0.383 e. The molecule has 60 valence electrons. The van der Waals surface area contributed by atoms with E-state index in [1.165, 1.54) is 12.5 Å². The van der Waals surface area contributed by atoms with Crippen molar-refractivity contribution in [2.45, 2.75) is 0 Å². The molecule has 0 atom stereocenters. The molecule has 0 aliphatic rings. The third kappa shape index (κ3) is 0.895. The lowest BCUT2D eigenvalue weighted by Crippen LogP contribution is -1.99. The van der Waals surface area contributed by atoms with E-state index in [0.29, 0.717) is 16.9 Å². The van der Waals surface area contributed by atoms with Crippen LogP contribution in [-0.4, -0.2) is 19.9 Å². The zero-order chi connectivity index (χ0) is 8.55. The molecule has 6 nitrogen and oxygen atoms in total. The first kappa shape index (κ1) is 6.71. The van der Waals surface area contributed by atoms with Crippen LogP contribution in [0.3, 0.4) is 0 Å². The molecule has 0 aromatic carbocycles. The van der Waals surface area contributed by atoms with Crippen LogP contribution in [0.2, 0.25) is 0 Å². The molecular weight excluding hydrogens is 156 g/mol. The van der Waals surface area contributed by atoms with Crippen molar-refractivity contribution < 1.29 is 0 Å². The lowest BCUT2D eigenvalue weighted by Gasteiger charge is -1.97. The van der Waals surface area contributed by atoms with E-state index in [2.05, 4.69) is 19.9 Å². The fourth-order valence-electron chi connectivity index (χ4n) is 0.880. The molecule has 0 aliphatic carbocycles. The first-order valence-electron chi connectivity index (χ1n) is 3.26. The monoisotopic (exact) mass is 162 g/mol. The van der Waals surface area contributed by atoms with E-state index in [1.807, 2.05) is 0 Å². The summed E-state index contributed by atoms with van der Waals surface area (Å²) < 4.78 is 0. The van der Waals surface area contributed by atoms with Crippen LogP contribution in [0.5, 0.6) is 0 Å². The normalized spacial score (nSPS) is 10.3. The first-order valence-corrected chi connectivity index (χ1v) is 3.26. The molecule has 0 aliphatic heterocycles. The number of nitrogen functional groups attached to an aromatic ring is 2. The van der Waals surface area contributed by atoms with Gasteiger partial charge < -0.3 is 11.5 Å². The summed E-state index contributed by atoms with van der Waals surface area (Å²) in [6, 6.07) is 0. The smallest absolute Gasteiger partial charge is 0.222 e. The lowest BCUT2D eigenvalue weighted by molar-refractivity contribution is 1.15. The maximum absolute atomic E-state index is 5.53. The Bertz CT molecular complexity index is 425. The van der Waals surface area contributed by atoms with Crippen LogP contribution >= 0.6 is 0 Å². The third-order valence-electron chi connectivity index (χ3n) is 1.44. The van der Waals surface area contributed by atoms with Crippen molar-refractivity contribution in [3.8, 4) is 0 Å². The minimum Gasteiger partial charge on any atom is -0.383 e. The van der Waals surface area contributed by atoms with Crippen LogP contribution in [0, 0.1) is 0 Å². The average molecular weight is 162 g/mol. The SMILES string of the molecule is Nc1ncc2c(N)ncnc2n1. The van der Waals surface area contributed by atoms with Gasteiger partial charge in [0.05, 0.1) is 5.39 Å². The van der Waals surface area contributed by atoms with Crippen LogP contribution in [0.25, 0.3) is 11.0 Å². The molecule has 0 saturated carbocycles. The molecule has 2 aromatic heterocycles. The summed E-state index contributed by atoms with van der Waals surface area (Å²) in [6.07, 6.45) is 2.84. The number of hydrogen-bond donors (Lipinski definition) is 2. The van der Waals surface area contributed by atoms with Gasteiger partial charge in [-0.15, -0.1) is 0 Å². The van der Waals surface area contributed by atoms with E-state index in [0.717, 1.165) is 0 Å². The summed E-state index contributed by atoms with van der Waals surface area (Å²) in [4.78, 5) is 15.3. The van der Waals surface area contributed by atoms with Crippen molar-refractivity contribution in [1.29, 1.82) is 0 Å². The van der Waals surface area contributed by atoms with Gasteiger partial charge in [0.25, 0.3) is 0 Å². The number of hydrogen-bond acceptors (Lipinski definition) is 6. The lowest BCUT2D eigenvalue weighted by atomic mass is 10.4. The van der Waals surface area contributed by atoms with E-state index < -0.39 is 0 Å². The molecule has 2 aromatic rings. The molecule has 2 rings (SSSR count).